The van der Waals surface area contributed by atoms with E-state index in [0.717, 1.165) is 46.3 Å². The number of carbonyl (C=O) groups is 1. The molecule has 1 unspecified atom stereocenters. The molecular weight excluding hydrogens is 446 g/mol. The quantitative estimate of drug-likeness (QED) is 0.435. The molecule has 1 saturated heterocycles. The van der Waals surface area contributed by atoms with Crippen LogP contribution < -0.4 is 15.0 Å². The number of carbonyl (C=O) groups excluding carboxylic acids is 1. The summed E-state index contributed by atoms with van der Waals surface area (Å²) in [6.45, 7) is 6.79. The largest absolute Gasteiger partial charge is 0.497 e. The number of methoxy groups -OCH3 is 1. The number of nitrogens with two attached hydrogens (primary N) is 1. The molecule has 0 saturated carbocycles. The monoisotopic (exact) mass is 478 g/mol. The van der Waals surface area contributed by atoms with E-state index in [1.807, 2.05) is 56.8 Å². The van der Waals surface area contributed by atoms with Crippen molar-refractivity contribution in [1.82, 2.24) is 24.6 Å². The van der Waals surface area contributed by atoms with E-state index in [1.54, 1.807) is 22.9 Å². The summed E-state index contributed by atoms with van der Waals surface area (Å²) in [6, 6.07) is 7.89. The molecule has 3 N–H and O–H groups in total. The Kier molecular flexibility index (Phi) is 5.53. The first kappa shape index (κ1) is 22.9. The minimum Gasteiger partial charge on any atom is -0.497 e. The van der Waals surface area contributed by atoms with Gasteiger partial charge in [-0.25, -0.2) is 14.0 Å². The number of nitrogens with one attached hydrogen (secondary N) is 1. The van der Waals surface area contributed by atoms with Gasteiger partial charge in [0.25, 0.3) is 0 Å². The standard InChI is InChI=1S/C25H31N7O3/c1-25(2,3)35-24(33)31-10-6-7-16(13-31)32-23-20(22(26)30(4)14-27-23)21(29-32)19-12-15-11-17(34-5)8-9-18(15)28-19/h8-9,11-12,14,16,26H,6-7,10,13H2,1-5H3,(H,28,29)/p+1. The second kappa shape index (κ2) is 8.44. The number of benzene rings is 1. The third-order valence-corrected chi connectivity index (χ3v) is 6.35. The normalized spacial score (nSPS) is 16.7. The summed E-state index contributed by atoms with van der Waals surface area (Å²) in [6.07, 6.45) is 3.12. The molecule has 35 heavy (non-hydrogen) atoms. The fraction of sp³-hybridized carbons (Fsp3) is 0.440. The highest BCUT2D eigenvalue weighted by atomic mass is 16.6. The Morgan fingerprint density at radius 3 is 2.83 bits per heavy atom. The topological polar surface area (TPSA) is 115 Å². The van der Waals surface area contributed by atoms with Gasteiger partial charge in [-0.3, -0.25) is 0 Å². The Balaban J connectivity index is 1.58. The summed E-state index contributed by atoms with van der Waals surface area (Å²) < 4.78 is 14.7. The molecule has 0 aliphatic carbocycles. The molecule has 4 aromatic rings. The van der Waals surface area contributed by atoms with Gasteiger partial charge in [0.15, 0.2) is 0 Å². The van der Waals surface area contributed by atoms with Gasteiger partial charge < -0.3 is 25.1 Å². The van der Waals surface area contributed by atoms with E-state index in [-0.39, 0.29) is 12.1 Å². The molecule has 1 amide bonds. The number of H-pyrrole nitrogens is 1. The minimum absolute atomic E-state index is 0.0448. The number of likely N-dealkylation sites (tertiary alicyclic amines) is 1. The van der Waals surface area contributed by atoms with Gasteiger partial charge in [-0.05, 0) is 57.9 Å². The van der Waals surface area contributed by atoms with Crippen molar-refractivity contribution in [3.05, 3.63) is 30.6 Å². The second-order valence-corrected chi connectivity index (χ2v) is 10.1. The van der Waals surface area contributed by atoms with Crippen LogP contribution in [0.2, 0.25) is 0 Å². The molecule has 5 rings (SSSR count). The first-order chi connectivity index (χ1) is 16.6. The number of ether oxygens (including phenoxy) is 2. The zero-order valence-electron chi connectivity index (χ0n) is 20.8. The van der Waals surface area contributed by atoms with Crippen LogP contribution in [0.15, 0.2) is 30.6 Å². The number of aryl methyl sites for hydroxylation is 1. The van der Waals surface area contributed by atoms with Gasteiger partial charge in [0.05, 0.1) is 25.9 Å². The third kappa shape index (κ3) is 4.24. The van der Waals surface area contributed by atoms with E-state index >= 15 is 0 Å². The Morgan fingerprint density at radius 1 is 1.29 bits per heavy atom. The number of rotatable bonds is 3. The van der Waals surface area contributed by atoms with Gasteiger partial charge in [-0.15, -0.1) is 0 Å². The van der Waals surface area contributed by atoms with Crippen LogP contribution in [0, 0.1) is 0 Å². The van der Waals surface area contributed by atoms with E-state index in [2.05, 4.69) is 9.97 Å². The molecule has 1 atom stereocenters. The van der Waals surface area contributed by atoms with E-state index in [0.29, 0.717) is 24.6 Å². The van der Waals surface area contributed by atoms with Crippen molar-refractivity contribution in [2.75, 3.05) is 25.9 Å². The Morgan fingerprint density at radius 2 is 2.09 bits per heavy atom. The van der Waals surface area contributed by atoms with E-state index in [4.69, 9.17) is 20.3 Å². The fourth-order valence-electron chi connectivity index (χ4n) is 4.62. The van der Waals surface area contributed by atoms with Crippen LogP contribution in [0.4, 0.5) is 10.6 Å². The summed E-state index contributed by atoms with van der Waals surface area (Å²) in [4.78, 5) is 22.7. The first-order valence-corrected chi connectivity index (χ1v) is 11.8. The third-order valence-electron chi connectivity index (χ3n) is 6.35. The van der Waals surface area contributed by atoms with Gasteiger partial charge in [0.1, 0.15) is 22.4 Å². The average molecular weight is 479 g/mol. The molecule has 3 aromatic heterocycles. The highest BCUT2D eigenvalue weighted by Gasteiger charge is 2.32. The van der Waals surface area contributed by atoms with Gasteiger partial charge in [-0.2, -0.15) is 5.10 Å². The number of nitrogens with zero attached hydrogens (tertiary/aromatic N) is 5. The van der Waals surface area contributed by atoms with Crippen LogP contribution in [0.3, 0.4) is 0 Å². The minimum atomic E-state index is -0.543. The number of anilines is 1. The van der Waals surface area contributed by atoms with Gasteiger partial charge in [0, 0.05) is 24.0 Å². The predicted octanol–water partition coefficient (Wildman–Crippen LogP) is 3.57. The van der Waals surface area contributed by atoms with Crippen LogP contribution in [-0.2, 0) is 11.8 Å². The number of fused-ring (bicyclic) bond motifs is 2. The lowest BCUT2D eigenvalue weighted by molar-refractivity contribution is -0.658. The summed E-state index contributed by atoms with van der Waals surface area (Å²) in [5.41, 5.74) is 9.24. The molecule has 4 heterocycles. The van der Waals surface area contributed by atoms with Gasteiger partial charge in [0.2, 0.25) is 17.8 Å². The van der Waals surface area contributed by atoms with Crippen LogP contribution in [0.5, 0.6) is 5.75 Å². The smallest absolute Gasteiger partial charge is 0.410 e. The van der Waals surface area contributed by atoms with E-state index < -0.39 is 5.60 Å². The van der Waals surface area contributed by atoms with Crippen LogP contribution >= 0.6 is 0 Å². The lowest BCUT2D eigenvalue weighted by Crippen LogP contribution is -2.43. The van der Waals surface area contributed by atoms with Crippen molar-refractivity contribution in [2.45, 2.75) is 45.3 Å². The van der Waals surface area contributed by atoms with Crippen molar-refractivity contribution in [2.24, 2.45) is 7.05 Å². The van der Waals surface area contributed by atoms with E-state index in [9.17, 15) is 4.79 Å². The molecule has 1 aliphatic heterocycles. The zero-order chi connectivity index (χ0) is 24.9. The van der Waals surface area contributed by atoms with Crippen molar-refractivity contribution < 1.29 is 18.8 Å². The van der Waals surface area contributed by atoms with Gasteiger partial charge in [-0.1, -0.05) is 4.98 Å². The fourth-order valence-corrected chi connectivity index (χ4v) is 4.62. The molecule has 1 aliphatic rings. The molecule has 0 spiro atoms. The zero-order valence-corrected chi connectivity index (χ0v) is 20.8. The second-order valence-electron chi connectivity index (χ2n) is 10.1. The molecule has 0 radical (unpaired) electrons. The van der Waals surface area contributed by atoms with Crippen LogP contribution in [-0.4, -0.2) is 56.5 Å². The van der Waals surface area contributed by atoms with Crippen LogP contribution in [0.1, 0.15) is 39.7 Å². The van der Waals surface area contributed by atoms with Crippen molar-refractivity contribution in [3.8, 4) is 17.1 Å². The number of hydrogen-bond donors (Lipinski definition) is 2. The summed E-state index contributed by atoms with van der Waals surface area (Å²) >= 11 is 0. The number of aromatic nitrogens is 5. The average Bonchev–Trinajstić information content (AvgIpc) is 3.41. The molecule has 10 heteroatoms. The lowest BCUT2D eigenvalue weighted by Gasteiger charge is -2.34. The first-order valence-electron chi connectivity index (χ1n) is 11.8. The predicted molar refractivity (Wildman–Crippen MR) is 133 cm³/mol. The number of piperidine rings is 1. The van der Waals surface area contributed by atoms with E-state index in [1.165, 1.54) is 0 Å². The number of aromatic amines is 1. The van der Waals surface area contributed by atoms with Gasteiger partial charge >= 0.3 is 6.09 Å². The van der Waals surface area contributed by atoms with Crippen molar-refractivity contribution >= 4 is 33.8 Å². The number of amides is 1. The Hall–Kier alpha value is -3.82. The molecule has 1 fully saturated rings. The Labute approximate surface area is 203 Å². The number of nitrogen functional groups attached to an aromatic ring is 1. The highest BCUT2D eigenvalue weighted by Crippen LogP contribution is 2.35. The highest BCUT2D eigenvalue weighted by molar-refractivity contribution is 5.99. The molecular formula is C25H32N7O3+. The maximum atomic E-state index is 12.8. The van der Waals surface area contributed by atoms with Crippen LogP contribution in [0.25, 0.3) is 33.3 Å². The molecule has 0 bridgehead atoms. The maximum absolute atomic E-state index is 12.8. The molecule has 184 valence electrons. The summed E-state index contributed by atoms with van der Waals surface area (Å²) in [7, 11) is 3.52. The lowest BCUT2D eigenvalue weighted by atomic mass is 10.1. The summed E-state index contributed by atoms with van der Waals surface area (Å²) in [5, 5.41) is 6.81. The maximum Gasteiger partial charge on any atom is 0.410 e. The molecule has 1 aromatic carbocycles. The molecule has 10 nitrogen and oxygen atoms in total. The van der Waals surface area contributed by atoms with Crippen molar-refractivity contribution in [1.29, 1.82) is 0 Å². The Bertz CT molecular complexity index is 1420. The number of hydrogen-bond acceptors (Lipinski definition) is 6. The van der Waals surface area contributed by atoms with Crippen molar-refractivity contribution in [3.63, 3.8) is 0 Å². The SMILES string of the molecule is COc1ccc2[nH]c(-c3nn(C4CCCN(C(=O)OC(C)(C)C)C4)c4nc[n+](C)c(N)c34)cc2c1. The summed E-state index contributed by atoms with van der Waals surface area (Å²) in [5.74, 6) is 1.36.